The molecule has 1 aromatic heterocycles. The van der Waals surface area contributed by atoms with Gasteiger partial charge in [0.25, 0.3) is 5.91 Å². The Morgan fingerprint density at radius 1 is 1.11 bits per heavy atom. The molecule has 2 aromatic rings. The zero-order valence-corrected chi connectivity index (χ0v) is 17.1. The van der Waals surface area contributed by atoms with E-state index < -0.39 is 15.9 Å². The number of carbonyl (C=O) groups excluding carboxylic acids is 1. The molecule has 0 atom stereocenters. The number of carbonyl (C=O) groups is 1. The van der Waals surface area contributed by atoms with Crippen molar-refractivity contribution in [1.29, 1.82) is 0 Å². The predicted octanol–water partition coefficient (Wildman–Crippen LogP) is 1.23. The van der Waals surface area contributed by atoms with Gasteiger partial charge in [0.05, 0.1) is 38.8 Å². The fourth-order valence-electron chi connectivity index (χ4n) is 3.21. The lowest BCUT2D eigenvalue weighted by atomic mass is 10.2. The van der Waals surface area contributed by atoms with Gasteiger partial charge in [0.2, 0.25) is 10.0 Å². The van der Waals surface area contributed by atoms with Crippen LogP contribution in [0.3, 0.4) is 0 Å². The SMILES string of the molecule is COc1ccc(C(=O)n2nc(C)c(S(=O)(=O)N3CCOCC3)c2C)cc1OC. The van der Waals surface area contributed by atoms with Gasteiger partial charge in [-0.15, -0.1) is 0 Å². The van der Waals surface area contributed by atoms with Crippen LogP contribution in [-0.4, -0.2) is 68.9 Å². The molecule has 9 nitrogen and oxygen atoms in total. The van der Waals surface area contributed by atoms with Crippen molar-refractivity contribution in [3.05, 3.63) is 35.2 Å². The van der Waals surface area contributed by atoms with E-state index in [2.05, 4.69) is 5.10 Å². The van der Waals surface area contributed by atoms with Crippen LogP contribution in [-0.2, 0) is 14.8 Å². The Morgan fingerprint density at radius 3 is 2.36 bits per heavy atom. The fourth-order valence-corrected chi connectivity index (χ4v) is 4.97. The molecule has 0 N–H and O–H groups in total. The molecule has 10 heteroatoms. The lowest BCUT2D eigenvalue weighted by Gasteiger charge is -2.26. The summed E-state index contributed by atoms with van der Waals surface area (Å²) in [5, 5.41) is 4.20. The summed E-state index contributed by atoms with van der Waals surface area (Å²) < 4.78 is 44.2. The van der Waals surface area contributed by atoms with Crippen LogP contribution in [0.2, 0.25) is 0 Å². The van der Waals surface area contributed by atoms with E-state index in [1.807, 2.05) is 0 Å². The Hall–Kier alpha value is -2.43. The average Bonchev–Trinajstić information content (AvgIpc) is 3.02. The smallest absolute Gasteiger partial charge is 0.278 e. The van der Waals surface area contributed by atoms with Gasteiger partial charge in [0.15, 0.2) is 11.5 Å². The quantitative estimate of drug-likeness (QED) is 0.732. The molecule has 2 heterocycles. The summed E-state index contributed by atoms with van der Waals surface area (Å²) in [7, 11) is -0.791. The van der Waals surface area contributed by atoms with Crippen LogP contribution in [0.15, 0.2) is 23.1 Å². The van der Waals surface area contributed by atoms with Crippen LogP contribution in [0.4, 0.5) is 0 Å². The number of methoxy groups -OCH3 is 2. The highest BCUT2D eigenvalue weighted by Gasteiger charge is 2.33. The number of hydrogen-bond donors (Lipinski definition) is 0. The van der Waals surface area contributed by atoms with Gasteiger partial charge in [-0.25, -0.2) is 8.42 Å². The van der Waals surface area contributed by atoms with Crippen molar-refractivity contribution in [3.8, 4) is 11.5 Å². The van der Waals surface area contributed by atoms with Gasteiger partial charge in [0.1, 0.15) is 4.90 Å². The number of benzene rings is 1. The van der Waals surface area contributed by atoms with Crippen LogP contribution in [0.1, 0.15) is 21.7 Å². The number of aryl methyl sites for hydroxylation is 1. The second-order valence-electron chi connectivity index (χ2n) is 6.30. The Morgan fingerprint density at radius 2 is 1.75 bits per heavy atom. The van der Waals surface area contributed by atoms with Gasteiger partial charge >= 0.3 is 0 Å². The zero-order valence-electron chi connectivity index (χ0n) is 16.3. The molecule has 0 saturated carbocycles. The normalized spacial score (nSPS) is 15.4. The van der Waals surface area contributed by atoms with Gasteiger partial charge in [-0.1, -0.05) is 0 Å². The molecule has 1 fully saturated rings. The van der Waals surface area contributed by atoms with Gasteiger partial charge in [-0.2, -0.15) is 14.1 Å². The summed E-state index contributed by atoms with van der Waals surface area (Å²) in [6.07, 6.45) is 0. The minimum atomic E-state index is -3.77. The minimum Gasteiger partial charge on any atom is -0.493 e. The summed E-state index contributed by atoms with van der Waals surface area (Å²) in [6.45, 7) is 4.39. The molecule has 1 saturated heterocycles. The molecule has 0 aliphatic carbocycles. The third-order valence-corrected chi connectivity index (χ3v) is 6.77. The van der Waals surface area contributed by atoms with E-state index in [1.54, 1.807) is 26.0 Å². The van der Waals surface area contributed by atoms with Crippen LogP contribution >= 0.6 is 0 Å². The maximum Gasteiger partial charge on any atom is 0.278 e. The topological polar surface area (TPSA) is 100.0 Å². The van der Waals surface area contributed by atoms with Gasteiger partial charge in [0, 0.05) is 18.7 Å². The van der Waals surface area contributed by atoms with E-state index in [-0.39, 0.29) is 29.4 Å². The summed E-state index contributed by atoms with van der Waals surface area (Å²) >= 11 is 0. The third kappa shape index (κ3) is 3.50. The number of aromatic nitrogens is 2. The summed E-state index contributed by atoms with van der Waals surface area (Å²) in [5.41, 5.74) is 0.847. The highest BCUT2D eigenvalue weighted by atomic mass is 32.2. The second kappa shape index (κ2) is 7.90. The maximum atomic E-state index is 13.1. The Kier molecular flexibility index (Phi) is 5.73. The summed E-state index contributed by atoms with van der Waals surface area (Å²) in [5.74, 6) is 0.434. The molecule has 3 rings (SSSR count). The number of sulfonamides is 1. The monoisotopic (exact) mass is 409 g/mol. The average molecular weight is 409 g/mol. The molecular weight excluding hydrogens is 386 g/mol. The second-order valence-corrected chi connectivity index (χ2v) is 8.18. The first kappa shape index (κ1) is 20.3. The van der Waals surface area contributed by atoms with Crippen molar-refractivity contribution >= 4 is 15.9 Å². The van der Waals surface area contributed by atoms with Crippen LogP contribution < -0.4 is 9.47 Å². The first-order valence-electron chi connectivity index (χ1n) is 8.72. The number of morpholine rings is 1. The molecule has 1 aromatic carbocycles. The fraction of sp³-hybridized carbons (Fsp3) is 0.444. The van der Waals surface area contributed by atoms with Crippen molar-refractivity contribution in [1.82, 2.24) is 14.1 Å². The maximum absolute atomic E-state index is 13.1. The van der Waals surface area contributed by atoms with E-state index in [9.17, 15) is 13.2 Å². The molecular formula is C18H23N3O6S. The van der Waals surface area contributed by atoms with Crippen molar-refractivity contribution in [2.45, 2.75) is 18.7 Å². The lowest BCUT2D eigenvalue weighted by Crippen LogP contribution is -2.41. The van der Waals surface area contributed by atoms with Gasteiger partial charge < -0.3 is 14.2 Å². The number of hydrogen-bond acceptors (Lipinski definition) is 7. The van der Waals surface area contributed by atoms with Crippen molar-refractivity contribution in [2.24, 2.45) is 0 Å². The van der Waals surface area contributed by atoms with Crippen LogP contribution in [0, 0.1) is 13.8 Å². The standard InChI is InChI=1S/C18H23N3O6S/c1-12-17(28(23,24)20-7-9-27-10-8-20)13(2)21(19-12)18(22)14-5-6-15(25-3)16(11-14)26-4/h5-6,11H,7-10H2,1-4H3. The van der Waals surface area contributed by atoms with Crippen LogP contribution in [0.5, 0.6) is 11.5 Å². The van der Waals surface area contributed by atoms with Crippen molar-refractivity contribution in [2.75, 3.05) is 40.5 Å². The lowest BCUT2D eigenvalue weighted by molar-refractivity contribution is 0.0730. The minimum absolute atomic E-state index is 0.0585. The van der Waals surface area contributed by atoms with Gasteiger partial charge in [-0.05, 0) is 32.0 Å². The summed E-state index contributed by atoms with van der Waals surface area (Å²) in [4.78, 5) is 13.0. The molecule has 1 aliphatic heterocycles. The van der Waals surface area contributed by atoms with E-state index >= 15 is 0 Å². The highest BCUT2D eigenvalue weighted by molar-refractivity contribution is 7.89. The highest BCUT2D eigenvalue weighted by Crippen LogP contribution is 2.29. The van der Waals surface area contributed by atoms with E-state index in [4.69, 9.17) is 14.2 Å². The Bertz CT molecular complexity index is 993. The molecule has 0 amide bonds. The summed E-state index contributed by atoms with van der Waals surface area (Å²) in [6, 6.07) is 4.73. The molecule has 0 radical (unpaired) electrons. The predicted molar refractivity (Wildman–Crippen MR) is 101 cm³/mol. The Balaban J connectivity index is 2.01. The van der Waals surface area contributed by atoms with E-state index in [0.29, 0.717) is 30.3 Å². The molecule has 1 aliphatic rings. The zero-order chi connectivity index (χ0) is 20.5. The third-order valence-electron chi connectivity index (χ3n) is 4.62. The molecule has 0 unspecified atom stereocenters. The molecule has 0 bridgehead atoms. The molecule has 28 heavy (non-hydrogen) atoms. The molecule has 0 spiro atoms. The van der Waals surface area contributed by atoms with Crippen molar-refractivity contribution < 1.29 is 27.4 Å². The number of ether oxygens (including phenoxy) is 3. The number of rotatable bonds is 5. The van der Waals surface area contributed by atoms with E-state index in [0.717, 1.165) is 4.68 Å². The largest absolute Gasteiger partial charge is 0.493 e. The number of nitrogens with zero attached hydrogens (tertiary/aromatic N) is 3. The Labute approximate surface area is 163 Å². The first-order chi connectivity index (χ1) is 13.3. The van der Waals surface area contributed by atoms with Gasteiger partial charge in [-0.3, -0.25) is 4.79 Å². The van der Waals surface area contributed by atoms with E-state index in [1.165, 1.54) is 24.6 Å². The van der Waals surface area contributed by atoms with Crippen molar-refractivity contribution in [3.63, 3.8) is 0 Å². The molecule has 152 valence electrons. The van der Waals surface area contributed by atoms with Crippen LogP contribution in [0.25, 0.3) is 0 Å². The first-order valence-corrected chi connectivity index (χ1v) is 10.2.